The van der Waals surface area contributed by atoms with Gasteiger partial charge >= 0.3 is 0 Å². The van der Waals surface area contributed by atoms with Crippen LogP contribution in [0.25, 0.3) is 11.1 Å². The Morgan fingerprint density at radius 1 is 0.973 bits per heavy atom. The number of carbonyl (C=O) groups excluding carboxylic acids is 1. The van der Waals surface area contributed by atoms with Crippen LogP contribution >= 0.6 is 0 Å². The quantitative estimate of drug-likeness (QED) is 0.546. The Balaban J connectivity index is 1.48. The molecular weight excluding hydrogens is 462 g/mol. The monoisotopic (exact) mass is 499 g/mol. The van der Waals surface area contributed by atoms with Crippen LogP contribution < -0.4 is 5.56 Å². The molecule has 2 fully saturated rings. The van der Waals surface area contributed by atoms with Gasteiger partial charge < -0.3 is 14.6 Å². The van der Waals surface area contributed by atoms with Crippen LogP contribution in [-0.2, 0) is 13.1 Å². The Morgan fingerprint density at radius 2 is 1.62 bits per heavy atom. The van der Waals surface area contributed by atoms with Gasteiger partial charge in [-0.1, -0.05) is 73.5 Å². The molecular formula is C31H37N3O3. The highest BCUT2D eigenvalue weighted by atomic mass is 16.3. The Bertz CT molecular complexity index is 1300. The average Bonchev–Trinajstić information content (AvgIpc) is 3.38. The second kappa shape index (κ2) is 10.3. The van der Waals surface area contributed by atoms with Crippen LogP contribution in [0, 0.1) is 5.41 Å². The molecule has 37 heavy (non-hydrogen) atoms. The predicted octanol–water partition coefficient (Wildman–Crippen LogP) is 4.41. The summed E-state index contributed by atoms with van der Waals surface area (Å²) in [5.41, 5.74) is 1.75. The summed E-state index contributed by atoms with van der Waals surface area (Å²) in [5.74, 6) is -0.159. The summed E-state index contributed by atoms with van der Waals surface area (Å²) in [6.45, 7) is 2.66. The molecule has 2 aliphatic rings. The molecule has 1 saturated carbocycles. The van der Waals surface area contributed by atoms with Crippen LogP contribution in [0.15, 0.2) is 77.7 Å². The first-order valence-electron chi connectivity index (χ1n) is 13.3. The lowest BCUT2D eigenvalue weighted by Crippen LogP contribution is -2.61. The minimum Gasteiger partial charge on any atom is -0.387 e. The molecule has 1 amide bonds. The number of aliphatic hydroxyl groups is 1. The van der Waals surface area contributed by atoms with E-state index in [4.69, 9.17) is 0 Å². The number of hydrogen-bond donors (Lipinski definition) is 1. The van der Waals surface area contributed by atoms with E-state index in [1.165, 1.54) is 10.5 Å². The number of benzene rings is 2. The maximum Gasteiger partial charge on any atom is 0.255 e. The molecule has 0 radical (unpaired) electrons. The second-order valence-corrected chi connectivity index (χ2v) is 11.1. The Morgan fingerprint density at radius 3 is 2.27 bits per heavy atom. The third kappa shape index (κ3) is 5.00. The molecule has 194 valence electrons. The van der Waals surface area contributed by atoms with E-state index in [9.17, 15) is 14.7 Å². The largest absolute Gasteiger partial charge is 0.387 e. The molecule has 6 nitrogen and oxygen atoms in total. The maximum atomic E-state index is 13.4. The summed E-state index contributed by atoms with van der Waals surface area (Å²) in [5, 5.41) is 12.2. The molecule has 3 aromatic rings. The molecule has 6 heteroatoms. The molecule has 5 rings (SSSR count). The lowest BCUT2D eigenvalue weighted by atomic mass is 9.65. The number of likely N-dealkylation sites (tertiary alicyclic amines) is 1. The minimum absolute atomic E-state index is 0.159. The van der Waals surface area contributed by atoms with E-state index in [-0.39, 0.29) is 23.4 Å². The standard InChI is InChI=1S/C31H37N3O3/c1-32(2)29(36)27-21-34(28(35)19-26(27)25-13-7-4-8-14-25)23-31(37)17-18-33(20-24-11-5-3-6-12-24)22-30(31)15-9-10-16-30/h3-8,11-14,19,21,37H,9-10,15-18,20,22-23H2,1-2H3. The molecule has 1 N–H and O–H groups in total. The smallest absolute Gasteiger partial charge is 0.255 e. The van der Waals surface area contributed by atoms with Gasteiger partial charge in [-0.05, 0) is 30.4 Å². The topological polar surface area (TPSA) is 65.8 Å². The van der Waals surface area contributed by atoms with Crippen molar-refractivity contribution in [3.63, 3.8) is 0 Å². The third-order valence-electron chi connectivity index (χ3n) is 8.44. The van der Waals surface area contributed by atoms with Crippen molar-refractivity contribution in [2.75, 3.05) is 27.2 Å². The van der Waals surface area contributed by atoms with E-state index in [2.05, 4.69) is 29.2 Å². The van der Waals surface area contributed by atoms with Gasteiger partial charge in [-0.25, -0.2) is 0 Å². The van der Waals surface area contributed by atoms with Gasteiger partial charge in [0.05, 0.1) is 17.7 Å². The van der Waals surface area contributed by atoms with Crippen LogP contribution in [0.4, 0.5) is 0 Å². The number of hydrogen-bond acceptors (Lipinski definition) is 4. The van der Waals surface area contributed by atoms with Gasteiger partial charge in [0.1, 0.15) is 0 Å². The minimum atomic E-state index is -1.01. The van der Waals surface area contributed by atoms with Gasteiger partial charge in [-0.3, -0.25) is 14.5 Å². The van der Waals surface area contributed by atoms with E-state index in [1.807, 2.05) is 36.4 Å². The first-order chi connectivity index (χ1) is 17.8. The summed E-state index contributed by atoms with van der Waals surface area (Å²) in [4.78, 5) is 30.6. The van der Waals surface area contributed by atoms with Crippen LogP contribution in [0.2, 0.25) is 0 Å². The van der Waals surface area contributed by atoms with Gasteiger partial charge in [-0.15, -0.1) is 0 Å². The van der Waals surface area contributed by atoms with Crippen LogP contribution in [0.3, 0.4) is 0 Å². The zero-order valence-corrected chi connectivity index (χ0v) is 21.9. The van der Waals surface area contributed by atoms with Crippen molar-refractivity contribution in [1.29, 1.82) is 0 Å². The SMILES string of the molecule is CN(C)C(=O)c1cn(CC2(O)CCN(Cc3ccccc3)CC23CCCC3)c(=O)cc1-c1ccccc1. The van der Waals surface area contributed by atoms with Crippen molar-refractivity contribution in [2.24, 2.45) is 5.41 Å². The first kappa shape index (κ1) is 25.4. The number of piperidine rings is 1. The van der Waals surface area contributed by atoms with E-state index < -0.39 is 5.60 Å². The number of pyridine rings is 1. The molecule has 1 atom stereocenters. The molecule has 2 aromatic carbocycles. The van der Waals surface area contributed by atoms with Crippen molar-refractivity contribution in [1.82, 2.24) is 14.4 Å². The van der Waals surface area contributed by atoms with Gasteiger partial charge in [0.25, 0.3) is 11.5 Å². The average molecular weight is 500 g/mol. The molecule has 1 aliphatic carbocycles. The molecule has 1 aromatic heterocycles. The van der Waals surface area contributed by atoms with Gasteiger partial charge in [0.2, 0.25) is 0 Å². The van der Waals surface area contributed by atoms with Crippen molar-refractivity contribution in [3.05, 3.63) is 94.4 Å². The lowest BCUT2D eigenvalue weighted by molar-refractivity contribution is -0.144. The maximum absolute atomic E-state index is 13.4. The van der Waals surface area contributed by atoms with Crippen molar-refractivity contribution < 1.29 is 9.90 Å². The number of rotatable bonds is 6. The van der Waals surface area contributed by atoms with E-state index >= 15 is 0 Å². The predicted molar refractivity (Wildman–Crippen MR) is 146 cm³/mol. The van der Waals surface area contributed by atoms with Gasteiger partial charge in [-0.2, -0.15) is 0 Å². The van der Waals surface area contributed by atoms with Gasteiger partial charge in [0.15, 0.2) is 0 Å². The number of aromatic nitrogens is 1. The fourth-order valence-corrected chi connectivity index (χ4v) is 6.41. The summed E-state index contributed by atoms with van der Waals surface area (Å²) in [7, 11) is 3.44. The Kier molecular flexibility index (Phi) is 7.06. The third-order valence-corrected chi connectivity index (χ3v) is 8.44. The van der Waals surface area contributed by atoms with Gasteiger partial charge in [0, 0.05) is 57.0 Å². The molecule has 2 heterocycles. The number of amides is 1. The molecule has 1 aliphatic heterocycles. The van der Waals surface area contributed by atoms with Crippen LogP contribution in [0.1, 0.15) is 48.0 Å². The fourth-order valence-electron chi connectivity index (χ4n) is 6.41. The molecule has 1 spiro atoms. The summed E-state index contributed by atoms with van der Waals surface area (Å²) >= 11 is 0. The second-order valence-electron chi connectivity index (χ2n) is 11.1. The molecule has 0 bridgehead atoms. The molecule has 1 unspecified atom stereocenters. The van der Waals surface area contributed by atoms with Crippen molar-refractivity contribution >= 4 is 5.91 Å². The number of nitrogens with zero attached hydrogens (tertiary/aromatic N) is 3. The zero-order chi connectivity index (χ0) is 26.0. The van der Waals surface area contributed by atoms with E-state index in [1.54, 1.807) is 30.9 Å². The summed E-state index contributed by atoms with van der Waals surface area (Å²) in [6.07, 6.45) is 6.36. The normalized spacial score (nSPS) is 21.3. The first-order valence-corrected chi connectivity index (χ1v) is 13.3. The molecule has 1 saturated heterocycles. The lowest BCUT2D eigenvalue weighted by Gasteiger charge is -2.52. The van der Waals surface area contributed by atoms with Crippen molar-refractivity contribution in [3.8, 4) is 11.1 Å². The highest BCUT2D eigenvalue weighted by Crippen LogP contribution is 2.51. The summed E-state index contributed by atoms with van der Waals surface area (Å²) < 4.78 is 1.58. The van der Waals surface area contributed by atoms with Crippen LogP contribution in [0.5, 0.6) is 0 Å². The van der Waals surface area contributed by atoms with Crippen LogP contribution in [-0.4, -0.2) is 58.2 Å². The zero-order valence-electron chi connectivity index (χ0n) is 21.9. The highest BCUT2D eigenvalue weighted by Gasteiger charge is 2.54. The van der Waals surface area contributed by atoms with Crippen molar-refractivity contribution in [2.45, 2.75) is 50.8 Å². The summed E-state index contributed by atoms with van der Waals surface area (Å²) in [6, 6.07) is 21.6. The fraction of sp³-hybridized carbons (Fsp3) is 0.419. The van der Waals surface area contributed by atoms with E-state index in [0.717, 1.165) is 50.9 Å². The number of carbonyl (C=O) groups is 1. The van der Waals surface area contributed by atoms with E-state index in [0.29, 0.717) is 17.5 Å². The Hall–Kier alpha value is -3.22. The highest BCUT2D eigenvalue weighted by molar-refractivity contribution is 6.00. The Labute approximate surface area is 219 Å².